The van der Waals surface area contributed by atoms with Gasteiger partial charge in [0.25, 0.3) is 5.91 Å². The van der Waals surface area contributed by atoms with E-state index >= 15 is 0 Å². The van der Waals surface area contributed by atoms with Crippen molar-refractivity contribution in [3.63, 3.8) is 0 Å². The highest BCUT2D eigenvalue weighted by atomic mass is 32.2. The first-order valence-electron chi connectivity index (χ1n) is 6.38. The number of nitrogens with zero attached hydrogens (tertiary/aromatic N) is 1. The predicted molar refractivity (Wildman–Crippen MR) is 84.4 cm³/mol. The fraction of sp³-hybridized carbons (Fsp3) is 0.267. The Labute approximate surface area is 129 Å². The zero-order valence-corrected chi connectivity index (χ0v) is 13.8. The summed E-state index contributed by atoms with van der Waals surface area (Å²) in [5.41, 5.74) is 1.35. The molecule has 1 amide bonds. The molecule has 0 aliphatic rings. The molecule has 2 rings (SSSR count). The summed E-state index contributed by atoms with van der Waals surface area (Å²) >= 11 is 1.59. The highest BCUT2D eigenvalue weighted by Crippen LogP contribution is 2.21. The number of carbonyl (C=O) groups excluding carboxylic acids is 1. The molecule has 1 heterocycles. The van der Waals surface area contributed by atoms with Crippen LogP contribution in [0.3, 0.4) is 0 Å². The minimum Gasteiger partial charge on any atom is -0.337 e. The third-order valence-electron chi connectivity index (χ3n) is 3.21. The lowest BCUT2D eigenvalue weighted by Gasteiger charge is -2.18. The molecule has 0 fully saturated rings. The van der Waals surface area contributed by atoms with E-state index in [2.05, 4.69) is 0 Å². The van der Waals surface area contributed by atoms with Crippen LogP contribution in [0.2, 0.25) is 0 Å². The molecule has 4 nitrogen and oxygen atoms in total. The van der Waals surface area contributed by atoms with Gasteiger partial charge in [0.15, 0.2) is 9.84 Å². The number of hydrogen-bond acceptors (Lipinski definition) is 4. The van der Waals surface area contributed by atoms with E-state index < -0.39 is 9.84 Å². The summed E-state index contributed by atoms with van der Waals surface area (Å²) in [6, 6.07) is 8.31. The summed E-state index contributed by atoms with van der Waals surface area (Å²) < 4.78 is 23.6. The maximum absolute atomic E-state index is 12.5. The number of hydrogen-bond donors (Lipinski definition) is 0. The Kier molecular flexibility index (Phi) is 4.49. The summed E-state index contributed by atoms with van der Waals surface area (Å²) in [7, 11) is -1.75. The zero-order chi connectivity index (χ0) is 15.6. The molecule has 21 heavy (non-hydrogen) atoms. The third-order valence-corrected chi connectivity index (χ3v) is 5.38. The van der Waals surface area contributed by atoms with Crippen molar-refractivity contribution in [2.24, 2.45) is 0 Å². The molecule has 0 aliphatic heterocycles. The van der Waals surface area contributed by atoms with Crippen LogP contribution in [-0.2, 0) is 16.4 Å². The maximum Gasteiger partial charge on any atom is 0.255 e. The van der Waals surface area contributed by atoms with Crippen molar-refractivity contribution in [1.82, 2.24) is 4.90 Å². The predicted octanol–water partition coefficient (Wildman–Crippen LogP) is 2.73. The Hall–Kier alpha value is -1.66. The van der Waals surface area contributed by atoms with E-state index in [-0.39, 0.29) is 16.4 Å². The number of rotatable bonds is 4. The molecule has 0 N–H and O–H groups in total. The molecule has 0 unspecified atom stereocenters. The van der Waals surface area contributed by atoms with Gasteiger partial charge in [0.1, 0.15) is 0 Å². The van der Waals surface area contributed by atoms with Crippen LogP contribution in [-0.4, -0.2) is 32.5 Å². The van der Waals surface area contributed by atoms with E-state index in [0.29, 0.717) is 6.54 Å². The van der Waals surface area contributed by atoms with Crippen molar-refractivity contribution in [2.75, 3.05) is 13.3 Å². The van der Waals surface area contributed by atoms with Crippen molar-refractivity contribution < 1.29 is 13.2 Å². The Bertz CT molecular complexity index is 763. The molecule has 1 aromatic carbocycles. The molecular weight excluding hydrogens is 306 g/mol. The molecule has 0 aliphatic carbocycles. The molecule has 0 spiro atoms. The van der Waals surface area contributed by atoms with Gasteiger partial charge in [-0.15, -0.1) is 11.3 Å². The average molecular weight is 323 g/mol. The minimum absolute atomic E-state index is 0.0738. The number of thiophene rings is 1. The SMILES string of the molecule is Cc1ccsc1CN(C)C(=O)c1ccccc1S(C)(=O)=O. The van der Waals surface area contributed by atoms with Crippen LogP contribution < -0.4 is 0 Å². The van der Waals surface area contributed by atoms with Gasteiger partial charge in [0.05, 0.1) is 17.0 Å². The quantitative estimate of drug-likeness (QED) is 0.869. The number of sulfone groups is 1. The van der Waals surface area contributed by atoms with Gasteiger partial charge in [-0.2, -0.15) is 0 Å². The zero-order valence-electron chi connectivity index (χ0n) is 12.2. The van der Waals surface area contributed by atoms with Gasteiger partial charge < -0.3 is 4.90 Å². The smallest absolute Gasteiger partial charge is 0.255 e. The van der Waals surface area contributed by atoms with Crippen molar-refractivity contribution in [2.45, 2.75) is 18.4 Å². The first-order chi connectivity index (χ1) is 9.80. The Morgan fingerprint density at radius 3 is 2.48 bits per heavy atom. The molecule has 2 aromatic rings. The van der Waals surface area contributed by atoms with Crippen LogP contribution in [0.5, 0.6) is 0 Å². The molecule has 0 atom stereocenters. The average Bonchev–Trinajstić information content (AvgIpc) is 2.82. The molecule has 0 bridgehead atoms. The van der Waals surface area contributed by atoms with Gasteiger partial charge in [-0.05, 0) is 36.1 Å². The number of carbonyl (C=O) groups is 1. The van der Waals surface area contributed by atoms with Gasteiger partial charge in [0, 0.05) is 18.2 Å². The first-order valence-corrected chi connectivity index (χ1v) is 9.15. The second-order valence-corrected chi connectivity index (χ2v) is 7.94. The Balaban J connectivity index is 2.31. The van der Waals surface area contributed by atoms with E-state index in [1.54, 1.807) is 41.5 Å². The summed E-state index contributed by atoms with van der Waals surface area (Å²) in [6.45, 7) is 2.47. The second kappa shape index (κ2) is 5.99. The van der Waals surface area contributed by atoms with Gasteiger partial charge >= 0.3 is 0 Å². The lowest BCUT2D eigenvalue weighted by molar-refractivity contribution is 0.0782. The lowest BCUT2D eigenvalue weighted by atomic mass is 10.2. The van der Waals surface area contributed by atoms with E-state index in [1.807, 2.05) is 18.4 Å². The van der Waals surface area contributed by atoms with E-state index in [9.17, 15) is 13.2 Å². The van der Waals surface area contributed by atoms with Crippen LogP contribution in [0.15, 0.2) is 40.6 Å². The maximum atomic E-state index is 12.5. The van der Waals surface area contributed by atoms with E-state index in [0.717, 1.165) is 16.7 Å². The number of amides is 1. The van der Waals surface area contributed by atoms with Crippen LogP contribution >= 0.6 is 11.3 Å². The standard InChI is InChI=1S/C15H17NO3S2/c1-11-8-9-20-13(11)10-16(2)15(17)12-6-4-5-7-14(12)21(3,18)19/h4-9H,10H2,1-3H3. The molecule has 6 heteroatoms. The normalized spacial score (nSPS) is 11.4. The van der Waals surface area contributed by atoms with Gasteiger partial charge in [0.2, 0.25) is 0 Å². The lowest BCUT2D eigenvalue weighted by Crippen LogP contribution is -2.27. The molecular formula is C15H17NO3S2. The molecule has 0 saturated heterocycles. The summed E-state index contributed by atoms with van der Waals surface area (Å²) in [6.07, 6.45) is 1.11. The topological polar surface area (TPSA) is 54.5 Å². The molecule has 112 valence electrons. The van der Waals surface area contributed by atoms with Crippen molar-refractivity contribution in [3.05, 3.63) is 51.7 Å². The summed E-state index contributed by atoms with van der Waals surface area (Å²) in [5.74, 6) is -0.288. The van der Waals surface area contributed by atoms with Crippen LogP contribution in [0, 0.1) is 6.92 Å². The second-order valence-electron chi connectivity index (χ2n) is 4.96. The summed E-state index contributed by atoms with van der Waals surface area (Å²) in [5, 5.41) is 1.98. The number of aryl methyl sites for hydroxylation is 1. The van der Waals surface area contributed by atoms with Crippen LogP contribution in [0.4, 0.5) is 0 Å². The fourth-order valence-electron chi connectivity index (χ4n) is 2.03. The van der Waals surface area contributed by atoms with Gasteiger partial charge in [-0.25, -0.2) is 8.42 Å². The number of benzene rings is 1. The van der Waals surface area contributed by atoms with Crippen molar-refractivity contribution >= 4 is 27.1 Å². The molecule has 0 saturated carbocycles. The monoisotopic (exact) mass is 323 g/mol. The molecule has 1 aromatic heterocycles. The Morgan fingerprint density at radius 1 is 1.24 bits per heavy atom. The van der Waals surface area contributed by atoms with E-state index in [1.165, 1.54) is 6.07 Å². The summed E-state index contributed by atoms with van der Waals surface area (Å²) in [4.78, 5) is 15.2. The highest BCUT2D eigenvalue weighted by Gasteiger charge is 2.21. The Morgan fingerprint density at radius 2 is 1.90 bits per heavy atom. The van der Waals surface area contributed by atoms with E-state index in [4.69, 9.17) is 0 Å². The van der Waals surface area contributed by atoms with Crippen molar-refractivity contribution in [1.29, 1.82) is 0 Å². The first kappa shape index (κ1) is 15.7. The highest BCUT2D eigenvalue weighted by molar-refractivity contribution is 7.90. The largest absolute Gasteiger partial charge is 0.337 e. The van der Waals surface area contributed by atoms with Crippen LogP contribution in [0.1, 0.15) is 20.8 Å². The third kappa shape index (κ3) is 3.51. The van der Waals surface area contributed by atoms with Gasteiger partial charge in [-0.3, -0.25) is 4.79 Å². The molecule has 0 radical (unpaired) electrons. The van der Waals surface area contributed by atoms with Crippen LogP contribution in [0.25, 0.3) is 0 Å². The fourth-order valence-corrected chi connectivity index (χ4v) is 3.86. The minimum atomic E-state index is -3.43. The van der Waals surface area contributed by atoms with Crippen molar-refractivity contribution in [3.8, 4) is 0 Å². The van der Waals surface area contributed by atoms with Gasteiger partial charge in [-0.1, -0.05) is 12.1 Å².